The second-order valence-corrected chi connectivity index (χ2v) is 8.64. The summed E-state index contributed by atoms with van der Waals surface area (Å²) in [5, 5.41) is 32.2. The fraction of sp³-hybridized carbons (Fsp3) is 0.167. The second kappa shape index (κ2) is 8.74. The molecule has 0 saturated carbocycles. The molecule has 0 aliphatic rings. The number of aromatic nitrogens is 2. The number of hydrogen-bond acceptors (Lipinski definition) is 7. The van der Waals surface area contributed by atoms with Gasteiger partial charge < -0.3 is 25.4 Å². The van der Waals surface area contributed by atoms with Crippen LogP contribution in [0.15, 0.2) is 59.1 Å². The van der Waals surface area contributed by atoms with Crippen molar-refractivity contribution in [2.24, 2.45) is 0 Å². The zero-order valence-electron chi connectivity index (χ0n) is 18.7. The Morgan fingerprint density at radius 1 is 0.882 bits per heavy atom. The molecule has 0 fully saturated rings. The number of para-hydroxylation sites is 1. The maximum Gasteiger partial charge on any atom is 0.324 e. The van der Waals surface area contributed by atoms with Crippen LogP contribution in [0.25, 0.3) is 10.9 Å². The molecule has 0 aliphatic heterocycles. The molecule has 2 heterocycles. The number of carbonyl (C=O) groups is 2. The Bertz CT molecular complexity index is 1370. The van der Waals surface area contributed by atoms with Gasteiger partial charge in [-0.25, -0.2) is 9.78 Å². The third-order valence-corrected chi connectivity index (χ3v) is 4.92. The van der Waals surface area contributed by atoms with E-state index in [1.54, 1.807) is 42.5 Å². The van der Waals surface area contributed by atoms with Crippen LogP contribution in [0.3, 0.4) is 0 Å². The molecule has 0 spiro atoms. The molecular formula is C24H23N5O5. The number of hydrogen-bond donors (Lipinski definition) is 5. The lowest BCUT2D eigenvalue weighted by Crippen LogP contribution is -2.19. The summed E-state index contributed by atoms with van der Waals surface area (Å²) in [4.78, 5) is 29.0. The van der Waals surface area contributed by atoms with Gasteiger partial charge >= 0.3 is 6.03 Å². The average molecular weight is 461 g/mol. The molecule has 0 bridgehead atoms. The Labute approximate surface area is 194 Å². The van der Waals surface area contributed by atoms with Crippen LogP contribution in [0.4, 0.5) is 22.0 Å². The van der Waals surface area contributed by atoms with Gasteiger partial charge in [0.1, 0.15) is 28.5 Å². The molecule has 0 aliphatic carbocycles. The number of fused-ring (bicyclic) bond motifs is 1. The van der Waals surface area contributed by atoms with E-state index in [0.29, 0.717) is 28.3 Å². The lowest BCUT2D eigenvalue weighted by atomic mass is 9.93. The Morgan fingerprint density at radius 2 is 1.56 bits per heavy atom. The number of rotatable bonds is 4. The summed E-state index contributed by atoms with van der Waals surface area (Å²) in [7, 11) is 0. The second-order valence-electron chi connectivity index (χ2n) is 8.64. The topological polar surface area (TPSA) is 150 Å². The Balaban J connectivity index is 1.39. The summed E-state index contributed by atoms with van der Waals surface area (Å²) in [5.41, 5.74) is 0.767. The lowest BCUT2D eigenvalue weighted by Gasteiger charge is -2.12. The number of phenols is 1. The molecule has 10 nitrogen and oxygen atoms in total. The van der Waals surface area contributed by atoms with E-state index in [9.17, 15) is 19.8 Å². The predicted molar refractivity (Wildman–Crippen MR) is 127 cm³/mol. The fourth-order valence-corrected chi connectivity index (χ4v) is 3.13. The minimum atomic E-state index is -0.570. The highest BCUT2D eigenvalue weighted by atomic mass is 16.5. The maximum absolute atomic E-state index is 12.6. The number of benzene rings is 2. The minimum absolute atomic E-state index is 0.0599. The number of carbonyl (C=O) groups excluding carboxylic acids is 2. The standard InChI is InChI=1S/C24H23N5O5/c1-24(2,3)19-12-20(29-34-19)28-23(33)26-14-9-7-13(8-10-14)25-22(32)16-11-18(31)15-5-4-6-17(30)21(15)27-16/h4-12,30H,1-3H3,(H,25,32)(H,27,31)(H2,26,28,29,33). The van der Waals surface area contributed by atoms with E-state index >= 15 is 0 Å². The number of phenolic OH excluding ortho intramolecular Hbond substituents is 1. The SMILES string of the molecule is CC(C)(C)c1cc(NC(=O)Nc2ccc(NC(=O)c3cc(O)c4cccc(O)c4n3)cc2)no1. The smallest absolute Gasteiger partial charge is 0.324 e. The summed E-state index contributed by atoms with van der Waals surface area (Å²) in [6.45, 7) is 5.92. The average Bonchev–Trinajstić information content (AvgIpc) is 3.24. The minimum Gasteiger partial charge on any atom is -0.507 e. The van der Waals surface area contributed by atoms with E-state index in [1.807, 2.05) is 20.8 Å². The van der Waals surface area contributed by atoms with Crippen molar-refractivity contribution < 1.29 is 24.3 Å². The van der Waals surface area contributed by atoms with Crippen LogP contribution in [0.2, 0.25) is 0 Å². The number of pyridine rings is 1. The molecule has 5 N–H and O–H groups in total. The normalized spacial score (nSPS) is 11.3. The highest BCUT2D eigenvalue weighted by Crippen LogP contribution is 2.30. The maximum atomic E-state index is 12.6. The molecule has 0 radical (unpaired) electrons. The van der Waals surface area contributed by atoms with Crippen molar-refractivity contribution in [3.8, 4) is 11.5 Å². The molecule has 4 aromatic rings. The first kappa shape index (κ1) is 22.6. The van der Waals surface area contributed by atoms with Gasteiger partial charge in [-0.1, -0.05) is 32.0 Å². The molecule has 0 unspecified atom stereocenters. The van der Waals surface area contributed by atoms with Crippen molar-refractivity contribution in [2.45, 2.75) is 26.2 Å². The van der Waals surface area contributed by atoms with Crippen molar-refractivity contribution in [3.05, 3.63) is 66.1 Å². The summed E-state index contributed by atoms with van der Waals surface area (Å²) in [5.74, 6) is 0.0603. The Hall–Kier alpha value is -4.60. The summed E-state index contributed by atoms with van der Waals surface area (Å²) in [6.07, 6.45) is 0. The Morgan fingerprint density at radius 3 is 2.21 bits per heavy atom. The monoisotopic (exact) mass is 461 g/mol. The highest BCUT2D eigenvalue weighted by molar-refractivity contribution is 6.05. The van der Waals surface area contributed by atoms with Crippen molar-refractivity contribution >= 4 is 40.0 Å². The van der Waals surface area contributed by atoms with Gasteiger partial charge in [-0.05, 0) is 36.4 Å². The Kier molecular flexibility index (Phi) is 5.80. The molecule has 174 valence electrons. The van der Waals surface area contributed by atoms with Gasteiger partial charge in [0.25, 0.3) is 5.91 Å². The van der Waals surface area contributed by atoms with E-state index < -0.39 is 11.9 Å². The number of nitrogens with zero attached hydrogens (tertiary/aromatic N) is 2. The first-order chi connectivity index (χ1) is 16.1. The van der Waals surface area contributed by atoms with Gasteiger partial charge in [0.2, 0.25) is 0 Å². The molecular weight excluding hydrogens is 438 g/mol. The van der Waals surface area contributed by atoms with Gasteiger partial charge in [0.15, 0.2) is 5.82 Å². The molecule has 0 atom stereocenters. The van der Waals surface area contributed by atoms with Crippen LogP contribution < -0.4 is 16.0 Å². The van der Waals surface area contributed by atoms with Crippen LogP contribution in [-0.4, -0.2) is 32.3 Å². The highest BCUT2D eigenvalue weighted by Gasteiger charge is 2.20. The van der Waals surface area contributed by atoms with Crippen molar-refractivity contribution in [1.29, 1.82) is 0 Å². The fourth-order valence-electron chi connectivity index (χ4n) is 3.13. The van der Waals surface area contributed by atoms with E-state index in [-0.39, 0.29) is 28.1 Å². The zero-order valence-corrected chi connectivity index (χ0v) is 18.7. The van der Waals surface area contributed by atoms with Gasteiger partial charge in [0.05, 0.1) is 0 Å². The lowest BCUT2D eigenvalue weighted by molar-refractivity contribution is 0.102. The largest absolute Gasteiger partial charge is 0.507 e. The molecule has 10 heteroatoms. The quantitative estimate of drug-likeness (QED) is 0.292. The zero-order chi connectivity index (χ0) is 24.5. The molecule has 0 saturated heterocycles. The summed E-state index contributed by atoms with van der Waals surface area (Å²) in [6, 6.07) is 13.4. The number of anilines is 3. The predicted octanol–water partition coefficient (Wildman–Crippen LogP) is 4.83. The third-order valence-electron chi connectivity index (χ3n) is 4.92. The van der Waals surface area contributed by atoms with Crippen molar-refractivity contribution in [1.82, 2.24) is 10.1 Å². The molecule has 3 amide bonds. The number of urea groups is 1. The van der Waals surface area contributed by atoms with Crippen LogP contribution in [0.5, 0.6) is 11.5 Å². The third kappa shape index (κ3) is 4.90. The summed E-state index contributed by atoms with van der Waals surface area (Å²) >= 11 is 0. The van der Waals surface area contributed by atoms with E-state index in [1.165, 1.54) is 12.1 Å². The molecule has 2 aromatic heterocycles. The van der Waals surface area contributed by atoms with Gasteiger partial charge in [0, 0.05) is 34.3 Å². The van der Waals surface area contributed by atoms with Gasteiger partial charge in [-0.2, -0.15) is 0 Å². The van der Waals surface area contributed by atoms with Crippen LogP contribution >= 0.6 is 0 Å². The van der Waals surface area contributed by atoms with E-state index in [2.05, 4.69) is 26.1 Å². The van der Waals surface area contributed by atoms with Gasteiger partial charge in [-0.15, -0.1) is 0 Å². The van der Waals surface area contributed by atoms with Gasteiger partial charge in [-0.3, -0.25) is 10.1 Å². The van der Waals surface area contributed by atoms with Crippen LogP contribution in [0.1, 0.15) is 37.0 Å². The first-order valence-corrected chi connectivity index (χ1v) is 10.4. The molecule has 2 aromatic carbocycles. The molecule has 34 heavy (non-hydrogen) atoms. The van der Waals surface area contributed by atoms with Crippen molar-refractivity contribution in [3.63, 3.8) is 0 Å². The van der Waals surface area contributed by atoms with Crippen LogP contribution in [0, 0.1) is 0 Å². The summed E-state index contributed by atoms with van der Waals surface area (Å²) < 4.78 is 5.24. The van der Waals surface area contributed by atoms with Crippen LogP contribution in [-0.2, 0) is 5.41 Å². The van der Waals surface area contributed by atoms with E-state index in [4.69, 9.17) is 4.52 Å². The molecule has 4 rings (SSSR count). The first-order valence-electron chi connectivity index (χ1n) is 10.4. The van der Waals surface area contributed by atoms with E-state index in [0.717, 1.165) is 0 Å². The number of aromatic hydroxyl groups is 2. The number of amides is 3. The number of nitrogens with one attached hydrogen (secondary N) is 3. The van der Waals surface area contributed by atoms with Crippen molar-refractivity contribution in [2.75, 3.05) is 16.0 Å².